The maximum Gasteiger partial charge on any atom is 0.332 e. The van der Waals surface area contributed by atoms with Crippen molar-refractivity contribution < 1.29 is 23.2 Å². The third-order valence-corrected chi connectivity index (χ3v) is 6.52. The Balaban J connectivity index is 2.04. The van der Waals surface area contributed by atoms with Crippen LogP contribution in [0.25, 0.3) is 0 Å². The first-order valence-corrected chi connectivity index (χ1v) is 9.89. The van der Waals surface area contributed by atoms with Crippen LogP contribution in [0.3, 0.4) is 0 Å². The highest BCUT2D eigenvalue weighted by Gasteiger charge is 2.36. The molecule has 0 fully saturated rings. The summed E-state index contributed by atoms with van der Waals surface area (Å²) in [5.74, 6) is -1.17. The van der Waals surface area contributed by atoms with Crippen LogP contribution in [0.1, 0.15) is 23.6 Å². The van der Waals surface area contributed by atoms with Crippen molar-refractivity contribution in [2.45, 2.75) is 24.3 Å². The molecule has 146 valence electrons. The summed E-state index contributed by atoms with van der Waals surface area (Å²) in [4.78, 5) is 21.5. The van der Waals surface area contributed by atoms with Crippen LogP contribution >= 0.6 is 0 Å². The summed E-state index contributed by atoms with van der Waals surface area (Å²) in [7, 11) is -4.07. The molecule has 0 aromatic heterocycles. The van der Waals surface area contributed by atoms with Crippen LogP contribution in [0.15, 0.2) is 65.1 Å². The summed E-state index contributed by atoms with van der Waals surface area (Å²) in [5.41, 5.74) is 1.54. The zero-order chi connectivity index (χ0) is 20.5. The quantitative estimate of drug-likeness (QED) is 0.607. The Morgan fingerprint density at radius 1 is 1.14 bits per heavy atom. The summed E-state index contributed by atoms with van der Waals surface area (Å²) >= 11 is 0. The van der Waals surface area contributed by atoms with Gasteiger partial charge in [-0.1, -0.05) is 35.9 Å². The lowest BCUT2D eigenvalue weighted by molar-refractivity contribution is -0.384. The number of carboxylic acids is 1. The Kier molecular flexibility index (Phi) is 5.30. The van der Waals surface area contributed by atoms with Crippen molar-refractivity contribution in [1.29, 1.82) is 0 Å². The molecule has 2 aromatic carbocycles. The lowest BCUT2D eigenvalue weighted by Gasteiger charge is -2.34. The second-order valence-corrected chi connectivity index (χ2v) is 8.39. The maximum absolute atomic E-state index is 13.2. The lowest BCUT2D eigenvalue weighted by atomic mass is 9.97. The number of aryl methyl sites for hydroxylation is 1. The Morgan fingerprint density at radius 3 is 2.29 bits per heavy atom. The van der Waals surface area contributed by atoms with E-state index in [-0.39, 0.29) is 29.1 Å². The van der Waals surface area contributed by atoms with Gasteiger partial charge in [-0.25, -0.2) is 13.2 Å². The van der Waals surface area contributed by atoms with E-state index in [2.05, 4.69) is 0 Å². The number of hydrogen-bond acceptors (Lipinski definition) is 5. The highest BCUT2D eigenvalue weighted by Crippen LogP contribution is 2.35. The number of carbonyl (C=O) groups is 1. The molecule has 8 nitrogen and oxygen atoms in total. The first kappa shape index (κ1) is 19.7. The van der Waals surface area contributed by atoms with Crippen molar-refractivity contribution in [2.24, 2.45) is 0 Å². The van der Waals surface area contributed by atoms with Crippen LogP contribution < -0.4 is 0 Å². The van der Waals surface area contributed by atoms with Crippen molar-refractivity contribution >= 4 is 21.7 Å². The minimum atomic E-state index is -4.07. The number of rotatable bonds is 5. The predicted molar refractivity (Wildman–Crippen MR) is 101 cm³/mol. The van der Waals surface area contributed by atoms with Gasteiger partial charge in [0.25, 0.3) is 5.69 Å². The normalized spacial score (nSPS) is 17.8. The fraction of sp³-hybridized carbons (Fsp3) is 0.211. The van der Waals surface area contributed by atoms with E-state index in [1.807, 2.05) is 31.2 Å². The molecule has 1 atom stereocenters. The third kappa shape index (κ3) is 3.80. The van der Waals surface area contributed by atoms with Gasteiger partial charge in [0.1, 0.15) is 0 Å². The number of benzene rings is 2. The number of carboxylic acid groups (broad SMARTS) is 1. The van der Waals surface area contributed by atoms with Crippen LogP contribution in [-0.2, 0) is 14.8 Å². The van der Waals surface area contributed by atoms with Gasteiger partial charge in [-0.15, -0.1) is 0 Å². The fourth-order valence-electron chi connectivity index (χ4n) is 3.09. The van der Waals surface area contributed by atoms with Gasteiger partial charge in [-0.3, -0.25) is 10.1 Å². The molecule has 3 rings (SSSR count). The van der Waals surface area contributed by atoms with Crippen LogP contribution in [0.4, 0.5) is 5.69 Å². The van der Waals surface area contributed by atoms with E-state index in [1.165, 1.54) is 18.2 Å². The molecule has 0 bridgehead atoms. The summed E-state index contributed by atoms with van der Waals surface area (Å²) in [6.07, 6.45) is 1.76. The third-order valence-electron chi connectivity index (χ3n) is 4.65. The van der Waals surface area contributed by atoms with Gasteiger partial charge in [-0.05, 0) is 31.0 Å². The SMILES string of the molecule is Cc1ccc([C@H]2CC=C(C(=O)O)CN2S(=O)(=O)c2ccc([N+](=O)[O-])cc2)cc1. The van der Waals surface area contributed by atoms with Crippen molar-refractivity contribution in [3.63, 3.8) is 0 Å². The number of sulfonamides is 1. The second kappa shape index (κ2) is 7.53. The molecule has 0 spiro atoms. The van der Waals surface area contributed by atoms with Gasteiger partial charge in [0.05, 0.1) is 15.9 Å². The van der Waals surface area contributed by atoms with Crippen molar-refractivity contribution in [2.75, 3.05) is 6.54 Å². The fourth-order valence-corrected chi connectivity index (χ4v) is 4.69. The van der Waals surface area contributed by atoms with Crippen LogP contribution in [0.5, 0.6) is 0 Å². The Morgan fingerprint density at radius 2 is 1.75 bits per heavy atom. The molecule has 2 aromatic rings. The van der Waals surface area contributed by atoms with Gasteiger partial charge in [0, 0.05) is 24.3 Å². The highest BCUT2D eigenvalue weighted by atomic mass is 32.2. The van der Waals surface area contributed by atoms with E-state index in [1.54, 1.807) is 0 Å². The minimum absolute atomic E-state index is 0.00570. The molecule has 1 aliphatic rings. The molecule has 0 radical (unpaired) electrons. The summed E-state index contributed by atoms with van der Waals surface area (Å²) < 4.78 is 27.6. The lowest BCUT2D eigenvalue weighted by Crippen LogP contribution is -2.39. The van der Waals surface area contributed by atoms with Gasteiger partial charge in [0.15, 0.2) is 0 Å². The average Bonchev–Trinajstić information content (AvgIpc) is 2.68. The average molecular weight is 402 g/mol. The molecule has 1 N–H and O–H groups in total. The molecular weight excluding hydrogens is 384 g/mol. The van der Waals surface area contributed by atoms with Crippen molar-refractivity contribution in [3.8, 4) is 0 Å². The van der Waals surface area contributed by atoms with Gasteiger partial charge >= 0.3 is 5.97 Å². The first-order chi connectivity index (χ1) is 13.2. The molecule has 9 heteroatoms. The predicted octanol–water partition coefficient (Wildman–Crippen LogP) is 3.05. The number of non-ortho nitro benzene ring substituents is 1. The molecular formula is C19H18N2O6S. The highest BCUT2D eigenvalue weighted by molar-refractivity contribution is 7.89. The zero-order valence-corrected chi connectivity index (χ0v) is 15.8. The monoisotopic (exact) mass is 402 g/mol. The molecule has 0 saturated carbocycles. The topological polar surface area (TPSA) is 118 Å². The van der Waals surface area contributed by atoms with Gasteiger partial charge in [-0.2, -0.15) is 4.31 Å². The Labute approximate surface area is 161 Å². The Bertz CT molecular complexity index is 1040. The molecule has 0 amide bonds. The van der Waals surface area contributed by atoms with Crippen molar-refractivity contribution in [3.05, 3.63) is 81.4 Å². The number of nitro benzene ring substituents is 1. The Hall–Kier alpha value is -3.04. The zero-order valence-electron chi connectivity index (χ0n) is 15.0. The second-order valence-electron chi connectivity index (χ2n) is 6.50. The smallest absolute Gasteiger partial charge is 0.332 e. The number of aliphatic carboxylic acids is 1. The molecule has 1 heterocycles. The van der Waals surface area contributed by atoms with E-state index in [9.17, 15) is 28.4 Å². The molecule has 0 aliphatic carbocycles. The summed E-state index contributed by atoms with van der Waals surface area (Å²) in [5, 5.41) is 20.1. The summed E-state index contributed by atoms with van der Waals surface area (Å²) in [6, 6.07) is 11.4. The van der Waals surface area contributed by atoms with E-state index in [0.717, 1.165) is 27.6 Å². The van der Waals surface area contributed by atoms with E-state index in [0.29, 0.717) is 0 Å². The maximum atomic E-state index is 13.2. The van der Waals surface area contributed by atoms with Crippen molar-refractivity contribution in [1.82, 2.24) is 4.31 Å². The van der Waals surface area contributed by atoms with Crippen LogP contribution in [0, 0.1) is 17.0 Å². The van der Waals surface area contributed by atoms with E-state index < -0.39 is 27.0 Å². The molecule has 0 unspecified atom stereocenters. The van der Waals surface area contributed by atoms with Crippen LogP contribution in [0.2, 0.25) is 0 Å². The minimum Gasteiger partial charge on any atom is -0.478 e. The van der Waals surface area contributed by atoms with Gasteiger partial charge < -0.3 is 5.11 Å². The molecule has 28 heavy (non-hydrogen) atoms. The molecule has 1 aliphatic heterocycles. The number of nitro groups is 1. The summed E-state index contributed by atoms with van der Waals surface area (Å²) in [6.45, 7) is 1.63. The standard InChI is InChI=1S/C19H18N2O6S/c1-13-2-4-14(5-3-13)18-11-6-15(19(22)23)12-20(18)28(26,27)17-9-7-16(8-10-17)21(24)25/h2-10,18H,11-12H2,1H3,(H,22,23)/t18-/m1/s1. The largest absolute Gasteiger partial charge is 0.478 e. The van der Waals surface area contributed by atoms with E-state index in [4.69, 9.17) is 0 Å². The number of hydrogen-bond donors (Lipinski definition) is 1. The van der Waals surface area contributed by atoms with Crippen LogP contribution in [-0.4, -0.2) is 35.3 Å². The van der Waals surface area contributed by atoms with Gasteiger partial charge in [0.2, 0.25) is 10.0 Å². The van der Waals surface area contributed by atoms with E-state index >= 15 is 0 Å². The number of nitrogens with zero attached hydrogens (tertiary/aromatic N) is 2. The molecule has 0 saturated heterocycles. The first-order valence-electron chi connectivity index (χ1n) is 8.45.